The van der Waals surface area contributed by atoms with E-state index in [2.05, 4.69) is 27.7 Å². The van der Waals surface area contributed by atoms with Crippen LogP contribution in [0.3, 0.4) is 0 Å². The summed E-state index contributed by atoms with van der Waals surface area (Å²) in [6.45, 7) is 8.93. The smallest absolute Gasteiger partial charge is 0.306 e. The molecule has 0 aromatic carbocycles. The summed E-state index contributed by atoms with van der Waals surface area (Å²) in [6.07, 6.45) is 40.9. The molecule has 0 spiro atoms. The number of rotatable bonds is 42. The number of unbranched alkanes of at least 4 members (excludes halogenated alkanes) is 29. The lowest BCUT2D eigenvalue weighted by Crippen LogP contribution is -2.30. The van der Waals surface area contributed by atoms with E-state index in [0.29, 0.717) is 19.3 Å². The summed E-state index contributed by atoms with van der Waals surface area (Å²) in [7, 11) is 0. The van der Waals surface area contributed by atoms with E-state index in [-0.39, 0.29) is 31.1 Å². The third-order valence-electron chi connectivity index (χ3n) is 10.5. The fourth-order valence-electron chi connectivity index (χ4n) is 6.98. The molecule has 0 fully saturated rings. The van der Waals surface area contributed by atoms with Gasteiger partial charge < -0.3 is 14.2 Å². The Balaban J connectivity index is 4.31. The van der Waals surface area contributed by atoms with Crippen LogP contribution in [0.25, 0.3) is 0 Å². The van der Waals surface area contributed by atoms with E-state index in [1.807, 2.05) is 0 Å². The van der Waals surface area contributed by atoms with E-state index in [1.54, 1.807) is 0 Å². The molecule has 0 radical (unpaired) electrons. The first-order chi connectivity index (χ1) is 25.9. The molecule has 0 heterocycles. The van der Waals surface area contributed by atoms with E-state index in [0.717, 1.165) is 63.7 Å². The maximum Gasteiger partial charge on any atom is 0.306 e. The molecule has 0 aromatic rings. The summed E-state index contributed by atoms with van der Waals surface area (Å²) in [4.78, 5) is 37.7. The molecule has 0 rings (SSSR count). The quantitative estimate of drug-likeness (QED) is 0.0351. The van der Waals surface area contributed by atoms with E-state index in [4.69, 9.17) is 14.2 Å². The molecular formula is C47H90O6. The molecule has 314 valence electrons. The van der Waals surface area contributed by atoms with E-state index < -0.39 is 6.10 Å². The number of ether oxygens (including phenoxy) is 3. The maximum atomic E-state index is 12.7. The van der Waals surface area contributed by atoms with Gasteiger partial charge in [0.1, 0.15) is 13.2 Å². The second kappa shape index (κ2) is 41.6. The summed E-state index contributed by atoms with van der Waals surface area (Å²) in [6, 6.07) is 0. The first kappa shape index (κ1) is 51.4. The Morgan fingerprint density at radius 2 is 0.623 bits per heavy atom. The zero-order valence-corrected chi connectivity index (χ0v) is 36.0. The van der Waals surface area contributed by atoms with Crippen molar-refractivity contribution in [1.29, 1.82) is 0 Å². The number of carbonyl (C=O) groups excluding carboxylic acids is 3. The fourth-order valence-corrected chi connectivity index (χ4v) is 6.98. The monoisotopic (exact) mass is 751 g/mol. The first-order valence-corrected chi connectivity index (χ1v) is 23.4. The van der Waals surface area contributed by atoms with Crippen molar-refractivity contribution >= 4 is 17.9 Å². The van der Waals surface area contributed by atoms with Gasteiger partial charge in [-0.1, -0.05) is 220 Å². The van der Waals surface area contributed by atoms with Crippen molar-refractivity contribution < 1.29 is 28.6 Å². The number of hydrogen-bond donors (Lipinski definition) is 0. The Labute approximate surface area is 329 Å². The molecule has 0 unspecified atom stereocenters. The zero-order chi connectivity index (χ0) is 38.9. The van der Waals surface area contributed by atoms with Crippen LogP contribution in [0.15, 0.2) is 0 Å². The van der Waals surface area contributed by atoms with Crippen molar-refractivity contribution in [1.82, 2.24) is 0 Å². The minimum atomic E-state index is -0.759. The molecule has 6 heteroatoms. The predicted molar refractivity (Wildman–Crippen MR) is 224 cm³/mol. The average Bonchev–Trinajstić information content (AvgIpc) is 3.14. The second-order valence-corrected chi connectivity index (χ2v) is 16.5. The van der Waals surface area contributed by atoms with Gasteiger partial charge in [0.05, 0.1) is 0 Å². The molecule has 0 aliphatic heterocycles. The van der Waals surface area contributed by atoms with E-state index in [9.17, 15) is 14.4 Å². The van der Waals surface area contributed by atoms with Crippen LogP contribution in [-0.2, 0) is 28.6 Å². The summed E-state index contributed by atoms with van der Waals surface area (Å²) >= 11 is 0. The molecule has 0 bridgehead atoms. The van der Waals surface area contributed by atoms with Crippen LogP contribution >= 0.6 is 0 Å². The van der Waals surface area contributed by atoms with Gasteiger partial charge in [-0.2, -0.15) is 0 Å². The van der Waals surface area contributed by atoms with Crippen LogP contribution in [0.1, 0.15) is 259 Å². The number of hydrogen-bond acceptors (Lipinski definition) is 6. The Hall–Kier alpha value is -1.59. The molecule has 0 saturated heterocycles. The summed E-state index contributed by atoms with van der Waals surface area (Å²) in [5, 5.41) is 0. The number of carbonyl (C=O) groups is 3. The van der Waals surface area contributed by atoms with E-state index in [1.165, 1.54) is 154 Å². The first-order valence-electron chi connectivity index (χ1n) is 23.4. The SMILES string of the molecule is CCCCCCCCCCCCCCCCC(=O)O[C@H](COC(=O)CCCCCCCCCCCCCC)COC(=O)CCCCCCCCC(C)C. The van der Waals surface area contributed by atoms with Gasteiger partial charge in [-0.3, -0.25) is 14.4 Å². The van der Waals surface area contributed by atoms with Crippen LogP contribution in [0.5, 0.6) is 0 Å². The van der Waals surface area contributed by atoms with Gasteiger partial charge >= 0.3 is 17.9 Å². The minimum absolute atomic E-state index is 0.0643. The second-order valence-electron chi connectivity index (χ2n) is 16.5. The lowest BCUT2D eigenvalue weighted by Gasteiger charge is -2.18. The highest BCUT2D eigenvalue weighted by Crippen LogP contribution is 2.16. The molecule has 0 saturated carbocycles. The average molecular weight is 751 g/mol. The Bertz CT molecular complexity index is 796. The topological polar surface area (TPSA) is 78.9 Å². The highest BCUT2D eigenvalue weighted by Gasteiger charge is 2.19. The largest absolute Gasteiger partial charge is 0.462 e. The van der Waals surface area contributed by atoms with Crippen molar-refractivity contribution in [3.05, 3.63) is 0 Å². The van der Waals surface area contributed by atoms with Crippen LogP contribution in [0, 0.1) is 5.92 Å². The molecule has 6 nitrogen and oxygen atoms in total. The highest BCUT2D eigenvalue weighted by molar-refractivity contribution is 5.71. The molecule has 0 aliphatic carbocycles. The van der Waals surface area contributed by atoms with Crippen LogP contribution in [-0.4, -0.2) is 37.2 Å². The van der Waals surface area contributed by atoms with Gasteiger partial charge in [0.2, 0.25) is 0 Å². The highest BCUT2D eigenvalue weighted by atomic mass is 16.6. The zero-order valence-electron chi connectivity index (χ0n) is 36.0. The Morgan fingerprint density at radius 3 is 0.925 bits per heavy atom. The predicted octanol–water partition coefficient (Wildman–Crippen LogP) is 14.7. The van der Waals surface area contributed by atoms with Gasteiger partial charge in [-0.05, 0) is 25.2 Å². The standard InChI is InChI=1S/C47H90O6/c1-5-7-9-11-13-15-17-19-20-22-24-26-32-36-40-47(50)53-44(42-52-46(49)39-35-31-28-27-29-33-37-43(3)4)41-51-45(48)38-34-30-25-23-21-18-16-14-12-10-8-6-2/h43-44H,5-42H2,1-4H3/t44-/m1/s1. The number of esters is 3. The van der Waals surface area contributed by atoms with Gasteiger partial charge in [0.15, 0.2) is 6.10 Å². The van der Waals surface area contributed by atoms with Crippen molar-refractivity contribution in [3.8, 4) is 0 Å². The van der Waals surface area contributed by atoms with Crippen LogP contribution < -0.4 is 0 Å². The summed E-state index contributed by atoms with van der Waals surface area (Å²) in [5.74, 6) is -0.0930. The maximum absolute atomic E-state index is 12.7. The third kappa shape index (κ3) is 41.4. The van der Waals surface area contributed by atoms with Crippen molar-refractivity contribution in [3.63, 3.8) is 0 Å². The molecular weight excluding hydrogens is 661 g/mol. The van der Waals surface area contributed by atoms with Crippen LogP contribution in [0.4, 0.5) is 0 Å². The van der Waals surface area contributed by atoms with Gasteiger partial charge in [0.25, 0.3) is 0 Å². The lowest BCUT2D eigenvalue weighted by molar-refractivity contribution is -0.167. The van der Waals surface area contributed by atoms with Gasteiger partial charge in [-0.15, -0.1) is 0 Å². The van der Waals surface area contributed by atoms with Crippen molar-refractivity contribution in [2.45, 2.75) is 265 Å². The molecule has 0 aromatic heterocycles. The van der Waals surface area contributed by atoms with Gasteiger partial charge in [-0.25, -0.2) is 0 Å². The van der Waals surface area contributed by atoms with Gasteiger partial charge in [0, 0.05) is 19.3 Å². The summed E-state index contributed by atoms with van der Waals surface area (Å²) < 4.78 is 16.7. The Morgan fingerprint density at radius 1 is 0.358 bits per heavy atom. The summed E-state index contributed by atoms with van der Waals surface area (Å²) in [5.41, 5.74) is 0. The Kier molecular flexibility index (Phi) is 40.3. The van der Waals surface area contributed by atoms with Crippen molar-refractivity contribution in [2.24, 2.45) is 5.92 Å². The molecule has 0 amide bonds. The molecule has 1 atom stereocenters. The third-order valence-corrected chi connectivity index (χ3v) is 10.5. The normalized spacial score (nSPS) is 11.9. The van der Waals surface area contributed by atoms with Crippen LogP contribution in [0.2, 0.25) is 0 Å². The fraction of sp³-hybridized carbons (Fsp3) is 0.936. The van der Waals surface area contributed by atoms with E-state index >= 15 is 0 Å². The molecule has 0 aliphatic rings. The molecule has 0 N–H and O–H groups in total. The lowest BCUT2D eigenvalue weighted by atomic mass is 10.0. The minimum Gasteiger partial charge on any atom is -0.462 e. The molecule has 53 heavy (non-hydrogen) atoms. The van der Waals surface area contributed by atoms with Crippen molar-refractivity contribution in [2.75, 3.05) is 13.2 Å².